The Bertz CT molecular complexity index is 899. The minimum atomic E-state index is -0.221. The summed E-state index contributed by atoms with van der Waals surface area (Å²) >= 11 is 1.47. The van der Waals surface area contributed by atoms with E-state index in [4.69, 9.17) is 0 Å². The molecule has 3 aromatic rings. The maximum absolute atomic E-state index is 12.1. The maximum Gasteiger partial charge on any atom is 0.321 e. The third-order valence-electron chi connectivity index (χ3n) is 4.87. The number of hydrogen-bond donors (Lipinski definition) is 2. The Kier molecular flexibility index (Phi) is 5.82. The van der Waals surface area contributed by atoms with E-state index in [9.17, 15) is 4.79 Å². The number of carbonyl (C=O) groups is 1. The molecule has 1 saturated heterocycles. The molecule has 0 saturated carbocycles. The molecule has 28 heavy (non-hydrogen) atoms. The van der Waals surface area contributed by atoms with Crippen LogP contribution in [-0.4, -0.2) is 29.1 Å². The van der Waals surface area contributed by atoms with E-state index in [0.29, 0.717) is 11.7 Å². The number of hydrogen-bond acceptors (Lipinski definition) is 5. The standard InChI is InChI=1S/C21H23N5OS/c27-20(23-13-10-16-8-11-22-12-9-16)25-21-24-18(15-28-21)19-7-4-14-26(19)17-5-2-1-3-6-17/h1-3,5-6,8-9,11-12,15,19H,4,7,10,13-14H2,(H2,23,24,25,27)/t19-/m1/s1. The minimum absolute atomic E-state index is 0.221. The summed E-state index contributed by atoms with van der Waals surface area (Å²) in [5.74, 6) is 0. The Balaban J connectivity index is 1.32. The summed E-state index contributed by atoms with van der Waals surface area (Å²) in [6.45, 7) is 1.60. The van der Waals surface area contributed by atoms with Gasteiger partial charge in [0.25, 0.3) is 0 Å². The third kappa shape index (κ3) is 4.48. The van der Waals surface area contributed by atoms with Gasteiger partial charge in [0.05, 0.1) is 11.7 Å². The van der Waals surface area contributed by atoms with Crippen LogP contribution >= 0.6 is 11.3 Å². The molecule has 3 heterocycles. The van der Waals surface area contributed by atoms with E-state index in [1.165, 1.54) is 17.0 Å². The van der Waals surface area contributed by atoms with Crippen LogP contribution in [0.1, 0.15) is 30.1 Å². The zero-order chi connectivity index (χ0) is 19.2. The van der Waals surface area contributed by atoms with Crippen LogP contribution in [0.3, 0.4) is 0 Å². The fraction of sp³-hybridized carbons (Fsp3) is 0.286. The second-order valence-electron chi connectivity index (χ2n) is 6.75. The number of thiazole rings is 1. The molecule has 0 radical (unpaired) electrons. The lowest BCUT2D eigenvalue weighted by molar-refractivity contribution is 0.252. The van der Waals surface area contributed by atoms with Crippen molar-refractivity contribution in [3.8, 4) is 0 Å². The van der Waals surface area contributed by atoms with Gasteiger partial charge in [0, 0.05) is 36.6 Å². The van der Waals surface area contributed by atoms with Crippen molar-refractivity contribution in [2.45, 2.75) is 25.3 Å². The number of carbonyl (C=O) groups excluding carboxylic acids is 1. The second kappa shape index (κ2) is 8.84. The Labute approximate surface area is 168 Å². The van der Waals surface area contributed by atoms with Crippen LogP contribution in [0.4, 0.5) is 15.6 Å². The second-order valence-corrected chi connectivity index (χ2v) is 7.61. The van der Waals surface area contributed by atoms with E-state index >= 15 is 0 Å². The van der Waals surface area contributed by atoms with Gasteiger partial charge in [-0.05, 0) is 49.1 Å². The molecule has 0 unspecified atom stereocenters. The first-order valence-corrected chi connectivity index (χ1v) is 10.4. The van der Waals surface area contributed by atoms with Crippen LogP contribution in [-0.2, 0) is 6.42 Å². The molecular formula is C21H23N5OS. The average Bonchev–Trinajstić information content (AvgIpc) is 3.39. The first-order valence-electron chi connectivity index (χ1n) is 9.50. The summed E-state index contributed by atoms with van der Waals surface area (Å²) in [6, 6.07) is 14.4. The summed E-state index contributed by atoms with van der Waals surface area (Å²) in [5, 5.41) is 8.42. The Morgan fingerprint density at radius 1 is 1.18 bits per heavy atom. The van der Waals surface area contributed by atoms with Crippen molar-refractivity contribution in [2.75, 3.05) is 23.3 Å². The van der Waals surface area contributed by atoms with Crippen molar-refractivity contribution < 1.29 is 4.79 Å². The normalized spacial score (nSPS) is 16.1. The lowest BCUT2D eigenvalue weighted by atomic mass is 10.1. The zero-order valence-corrected chi connectivity index (χ0v) is 16.4. The van der Waals surface area contributed by atoms with Gasteiger partial charge in [0.15, 0.2) is 5.13 Å². The number of benzene rings is 1. The van der Waals surface area contributed by atoms with E-state index in [0.717, 1.165) is 37.1 Å². The predicted molar refractivity (Wildman–Crippen MR) is 113 cm³/mol. The highest BCUT2D eigenvalue weighted by molar-refractivity contribution is 7.13. The van der Waals surface area contributed by atoms with Crippen molar-refractivity contribution in [3.05, 3.63) is 71.5 Å². The van der Waals surface area contributed by atoms with Crippen LogP contribution in [0, 0.1) is 0 Å². The lowest BCUT2D eigenvalue weighted by Gasteiger charge is -2.25. The van der Waals surface area contributed by atoms with E-state index in [1.807, 2.05) is 18.2 Å². The largest absolute Gasteiger partial charge is 0.363 e. The molecule has 2 aromatic heterocycles. The summed E-state index contributed by atoms with van der Waals surface area (Å²) in [7, 11) is 0. The van der Waals surface area contributed by atoms with Gasteiger partial charge in [0.2, 0.25) is 0 Å². The molecule has 2 amide bonds. The van der Waals surface area contributed by atoms with Gasteiger partial charge in [-0.25, -0.2) is 9.78 Å². The number of amides is 2. The number of pyridine rings is 1. The van der Waals surface area contributed by atoms with Crippen molar-refractivity contribution in [3.63, 3.8) is 0 Å². The van der Waals surface area contributed by atoms with Crippen molar-refractivity contribution in [1.29, 1.82) is 0 Å². The number of nitrogens with zero attached hydrogens (tertiary/aromatic N) is 3. The van der Waals surface area contributed by atoms with Gasteiger partial charge >= 0.3 is 6.03 Å². The Morgan fingerprint density at radius 2 is 2.00 bits per heavy atom. The highest BCUT2D eigenvalue weighted by Gasteiger charge is 2.28. The fourth-order valence-electron chi connectivity index (χ4n) is 3.51. The van der Waals surface area contributed by atoms with Gasteiger partial charge in [-0.1, -0.05) is 18.2 Å². The van der Waals surface area contributed by atoms with E-state index in [1.54, 1.807) is 12.4 Å². The van der Waals surface area contributed by atoms with Gasteiger partial charge < -0.3 is 10.2 Å². The van der Waals surface area contributed by atoms with Crippen LogP contribution in [0.15, 0.2) is 60.2 Å². The van der Waals surface area contributed by atoms with Gasteiger partial charge in [0.1, 0.15) is 0 Å². The topological polar surface area (TPSA) is 70.1 Å². The molecule has 144 valence electrons. The van der Waals surface area contributed by atoms with Crippen LogP contribution in [0.5, 0.6) is 0 Å². The Morgan fingerprint density at radius 3 is 2.82 bits per heavy atom. The molecular weight excluding hydrogens is 370 g/mol. The molecule has 0 spiro atoms. The molecule has 1 aromatic carbocycles. The molecule has 0 aliphatic carbocycles. The molecule has 0 bridgehead atoms. The van der Waals surface area contributed by atoms with Gasteiger partial charge in [-0.2, -0.15) is 0 Å². The van der Waals surface area contributed by atoms with E-state index < -0.39 is 0 Å². The number of nitrogens with one attached hydrogen (secondary N) is 2. The summed E-state index contributed by atoms with van der Waals surface area (Å²) in [4.78, 5) is 23.2. The Hall–Kier alpha value is -2.93. The monoisotopic (exact) mass is 393 g/mol. The van der Waals surface area contributed by atoms with Gasteiger partial charge in [-0.3, -0.25) is 10.3 Å². The van der Waals surface area contributed by atoms with Crippen molar-refractivity contribution in [1.82, 2.24) is 15.3 Å². The van der Waals surface area contributed by atoms with E-state index in [-0.39, 0.29) is 12.1 Å². The first kappa shape index (κ1) is 18.4. The minimum Gasteiger partial charge on any atom is -0.363 e. The SMILES string of the molecule is O=C(NCCc1ccncc1)Nc1nc([C@H]2CCCN2c2ccccc2)cs1. The van der Waals surface area contributed by atoms with Crippen molar-refractivity contribution in [2.24, 2.45) is 0 Å². The van der Waals surface area contributed by atoms with Crippen LogP contribution in [0.2, 0.25) is 0 Å². The molecule has 1 aliphatic rings. The van der Waals surface area contributed by atoms with Gasteiger partial charge in [-0.15, -0.1) is 11.3 Å². The maximum atomic E-state index is 12.1. The lowest BCUT2D eigenvalue weighted by Crippen LogP contribution is -2.30. The van der Waals surface area contributed by atoms with E-state index in [2.05, 4.69) is 55.1 Å². The van der Waals surface area contributed by atoms with Crippen LogP contribution in [0.25, 0.3) is 0 Å². The third-order valence-corrected chi connectivity index (χ3v) is 5.65. The number of aromatic nitrogens is 2. The first-order chi connectivity index (χ1) is 13.8. The summed E-state index contributed by atoms with van der Waals surface area (Å²) in [6.07, 6.45) is 6.52. The highest BCUT2D eigenvalue weighted by Crippen LogP contribution is 2.36. The van der Waals surface area contributed by atoms with Crippen LogP contribution < -0.4 is 15.5 Å². The zero-order valence-electron chi connectivity index (χ0n) is 15.5. The summed E-state index contributed by atoms with van der Waals surface area (Å²) in [5.41, 5.74) is 3.40. The number of urea groups is 1. The quantitative estimate of drug-likeness (QED) is 0.657. The molecule has 4 rings (SSSR count). The fourth-order valence-corrected chi connectivity index (χ4v) is 4.26. The molecule has 7 heteroatoms. The predicted octanol–water partition coefficient (Wildman–Crippen LogP) is 4.24. The molecule has 1 fully saturated rings. The number of rotatable bonds is 6. The molecule has 6 nitrogen and oxygen atoms in total. The van der Waals surface area contributed by atoms with Crippen molar-refractivity contribution >= 4 is 28.2 Å². The average molecular weight is 394 g/mol. The summed E-state index contributed by atoms with van der Waals surface area (Å²) < 4.78 is 0. The molecule has 1 atom stereocenters. The number of anilines is 2. The smallest absolute Gasteiger partial charge is 0.321 e. The number of para-hydroxylation sites is 1. The molecule has 1 aliphatic heterocycles. The molecule has 2 N–H and O–H groups in total. The highest BCUT2D eigenvalue weighted by atomic mass is 32.1.